The largest absolute Gasteiger partial charge is 0.383 e. The number of nitro groups is 2. The van der Waals surface area contributed by atoms with Crippen LogP contribution in [0.15, 0.2) is 36.4 Å². The van der Waals surface area contributed by atoms with Gasteiger partial charge in [-0.2, -0.15) is 9.97 Å². The van der Waals surface area contributed by atoms with Gasteiger partial charge in [-0.15, -0.1) is 11.6 Å². The summed E-state index contributed by atoms with van der Waals surface area (Å²) in [6.45, 7) is 3.73. The van der Waals surface area contributed by atoms with Crippen LogP contribution in [0.25, 0.3) is 0 Å². The molecule has 296 valence electrons. The van der Waals surface area contributed by atoms with Gasteiger partial charge < -0.3 is 33.3 Å². The van der Waals surface area contributed by atoms with Gasteiger partial charge >= 0.3 is 0 Å². The fourth-order valence-corrected chi connectivity index (χ4v) is 15.2. The van der Waals surface area contributed by atoms with Crippen molar-refractivity contribution in [1.29, 1.82) is 10.8 Å². The van der Waals surface area contributed by atoms with Crippen molar-refractivity contribution >= 4 is 180 Å². The second kappa shape index (κ2) is 29.3. The zero-order valence-electron chi connectivity index (χ0n) is 27.8. The molecule has 0 atom stereocenters. The predicted octanol–water partition coefficient (Wildman–Crippen LogP) is 5.45. The predicted molar refractivity (Wildman–Crippen MR) is 249 cm³/mol. The van der Waals surface area contributed by atoms with Crippen LogP contribution in [-0.2, 0) is 110 Å². The van der Waals surface area contributed by atoms with Gasteiger partial charge in [0.2, 0.25) is 11.9 Å². The first-order valence-corrected chi connectivity index (χ1v) is 25.7. The number of nitrogens with one attached hydrogen (secondary N) is 3. The number of rotatable bonds is 8. The smallest absolute Gasteiger partial charge is 0.272 e. The normalized spacial score (nSPS) is 9.18. The van der Waals surface area contributed by atoms with Crippen LogP contribution in [0.2, 0.25) is 10.3 Å². The van der Waals surface area contributed by atoms with E-state index in [9.17, 15) is 20.2 Å². The van der Waals surface area contributed by atoms with Gasteiger partial charge in [0.1, 0.15) is 21.9 Å². The van der Waals surface area contributed by atoms with Gasteiger partial charge in [-0.1, -0.05) is 35.3 Å². The van der Waals surface area contributed by atoms with E-state index in [4.69, 9.17) is 62.8 Å². The number of nitrogens with zero attached hydrogens (tertiary/aromatic N) is 6. The average molecular weight is 999 g/mol. The Bertz CT molecular complexity index is 2230. The zero-order valence-corrected chi connectivity index (χ0v) is 38.2. The van der Waals surface area contributed by atoms with E-state index in [1.165, 1.54) is 29.9 Å². The van der Waals surface area contributed by atoms with Crippen LogP contribution in [0.4, 0.5) is 34.9 Å². The molecule has 0 saturated carbocycles. The fourth-order valence-electron chi connectivity index (χ4n) is 3.60. The van der Waals surface area contributed by atoms with Crippen molar-refractivity contribution in [3.63, 3.8) is 0 Å². The Morgan fingerprint density at radius 2 is 1.20 bits per heavy atom. The molecule has 2 heterocycles. The van der Waals surface area contributed by atoms with E-state index in [0.717, 1.165) is 23.6 Å². The molecule has 0 radical (unpaired) electrons. The SMILES string of the molecule is Cc1cc(CCl)ccc1[N+](=O)[O-].Cc1cc(CNc2nc(N)nc(Cl)c2C=N)ccc1[N+](=O)[O-].N=Cc1c(N)nc(N)nc1Cl.S=S.S=S=S=S=S=S=S=S. The molecule has 0 amide bonds. The Balaban J connectivity index is 0.000000753. The van der Waals surface area contributed by atoms with Crippen LogP contribution in [-0.4, -0.2) is 42.2 Å². The summed E-state index contributed by atoms with van der Waals surface area (Å²) < 4.78 is 0. The van der Waals surface area contributed by atoms with Gasteiger partial charge in [0.25, 0.3) is 11.4 Å². The summed E-state index contributed by atoms with van der Waals surface area (Å²) in [4.78, 5) is 35.4. The number of hydrogen-bond acceptors (Lipinski definition) is 18. The number of halogens is 3. The third-order valence-corrected chi connectivity index (χ3v) is 17.8. The lowest BCUT2D eigenvalue weighted by molar-refractivity contribution is -0.385. The van der Waals surface area contributed by atoms with E-state index in [-0.39, 0.29) is 39.4 Å². The summed E-state index contributed by atoms with van der Waals surface area (Å²) in [6.07, 6.45) is 2.02. The maximum Gasteiger partial charge on any atom is 0.272 e. The third kappa shape index (κ3) is 19.6. The number of nitrogen functional groups attached to an aromatic ring is 3. The Morgan fingerprint density at radius 3 is 1.60 bits per heavy atom. The van der Waals surface area contributed by atoms with Crippen LogP contribution in [0.5, 0.6) is 0 Å². The second-order valence-electron chi connectivity index (χ2n) is 9.25. The Hall–Kier alpha value is -2.99. The van der Waals surface area contributed by atoms with Gasteiger partial charge in [0.05, 0.1) is 21.0 Å². The van der Waals surface area contributed by atoms with E-state index >= 15 is 0 Å². The molecule has 29 heteroatoms. The molecule has 16 nitrogen and oxygen atoms in total. The van der Waals surface area contributed by atoms with E-state index in [1.807, 2.05) is 0 Å². The van der Waals surface area contributed by atoms with Crippen molar-refractivity contribution in [2.75, 3.05) is 22.5 Å². The molecule has 2 aromatic carbocycles. The van der Waals surface area contributed by atoms with Crippen LogP contribution >= 0.6 is 34.8 Å². The molecule has 0 bridgehead atoms. The molecule has 0 aliphatic carbocycles. The topological polar surface area (TPSA) is 276 Å². The fraction of sp³-hybridized carbons (Fsp3) is 0.154. The van der Waals surface area contributed by atoms with E-state index < -0.39 is 9.85 Å². The number of aromatic nitrogens is 4. The molecule has 4 rings (SSSR count). The van der Waals surface area contributed by atoms with Gasteiger partial charge in [-0.3, -0.25) is 20.2 Å². The average Bonchev–Trinajstić information content (AvgIpc) is 3.13. The lowest BCUT2D eigenvalue weighted by atomic mass is 10.1. The maximum absolute atomic E-state index is 10.8. The highest BCUT2D eigenvalue weighted by Crippen LogP contribution is 2.23. The number of nitrogens with two attached hydrogens (primary N) is 3. The molecule has 2 aromatic heterocycles. The molecule has 0 spiro atoms. The number of anilines is 4. The minimum absolute atomic E-state index is 0.00187. The van der Waals surface area contributed by atoms with Crippen molar-refractivity contribution in [1.82, 2.24) is 19.9 Å². The van der Waals surface area contributed by atoms with Crippen molar-refractivity contribution in [2.45, 2.75) is 26.3 Å². The van der Waals surface area contributed by atoms with Gasteiger partial charge in [0, 0.05) is 146 Å². The van der Waals surface area contributed by atoms with Gasteiger partial charge in [0.15, 0.2) is 0 Å². The van der Waals surface area contributed by atoms with Crippen LogP contribution < -0.4 is 22.5 Å². The Morgan fingerprint density at radius 1 is 0.764 bits per heavy atom. The van der Waals surface area contributed by atoms with Crippen molar-refractivity contribution in [2.24, 2.45) is 0 Å². The van der Waals surface area contributed by atoms with Gasteiger partial charge in [-0.25, -0.2) is 9.97 Å². The summed E-state index contributed by atoms with van der Waals surface area (Å²) in [6, 6.07) is 9.68. The number of benzene rings is 2. The van der Waals surface area contributed by atoms with Crippen LogP contribution in [0, 0.1) is 44.9 Å². The Kier molecular flexibility index (Phi) is 27.7. The summed E-state index contributed by atoms with van der Waals surface area (Å²) in [7, 11) is 9.12. The zero-order chi connectivity index (χ0) is 42.1. The monoisotopic (exact) mass is 996 g/mol. The standard InChI is InChI=1S/C13H13ClN6O2.C8H8ClNO2.C5H6ClN5.S8.S2/c1-7-4-8(2-3-10(7)20(21)22)6-17-12-9(5-15)11(14)18-13(16)19-12;1-6-4-7(5-9)2-3-8(6)10(11)12;6-3-2(1-7)4(8)11-5(9)10-3;1-3-5-7-8-6-4-2;1-2/h2-5,15H,6H2,1H3,(H3,16,17,18,19);2-4H,5H2,1H3;1,7H,(H4,8,9,10,11);;. The summed E-state index contributed by atoms with van der Waals surface area (Å²) in [5, 5.41) is 38.6. The first-order chi connectivity index (χ1) is 26.1. The van der Waals surface area contributed by atoms with Crippen LogP contribution in [0.1, 0.15) is 33.4 Å². The molecule has 0 saturated heterocycles. The molecule has 9 N–H and O–H groups in total. The third-order valence-electron chi connectivity index (χ3n) is 5.82. The molecule has 0 fully saturated rings. The van der Waals surface area contributed by atoms with Gasteiger partial charge in [-0.05, 0) is 37.1 Å². The minimum Gasteiger partial charge on any atom is -0.383 e. The highest BCUT2D eigenvalue weighted by molar-refractivity contribution is 8.70. The maximum atomic E-state index is 10.8. The summed E-state index contributed by atoms with van der Waals surface area (Å²) in [5.74, 6) is 0.857. The molecule has 4 aromatic rings. The number of alkyl halides is 1. The first-order valence-electron chi connectivity index (χ1n) is 13.8. The number of nitro benzene ring substituents is 2. The lowest BCUT2D eigenvalue weighted by Gasteiger charge is -2.10. The highest BCUT2D eigenvalue weighted by Gasteiger charge is 2.13. The lowest BCUT2D eigenvalue weighted by Crippen LogP contribution is -2.08. The van der Waals surface area contributed by atoms with Crippen LogP contribution in [0.3, 0.4) is 0 Å². The number of hydrogen-bond donors (Lipinski definition) is 6. The molecular weight excluding hydrogens is 971 g/mol. The number of aryl methyl sites for hydroxylation is 2. The van der Waals surface area contributed by atoms with E-state index in [0.29, 0.717) is 40.5 Å². The highest BCUT2D eigenvalue weighted by atomic mass is 35.5. The molecular formula is C26H27Cl3N12O4S10. The summed E-state index contributed by atoms with van der Waals surface area (Å²) in [5.41, 5.74) is 19.9. The molecule has 55 heavy (non-hydrogen) atoms. The van der Waals surface area contributed by atoms with Crippen molar-refractivity contribution < 1.29 is 9.85 Å². The molecule has 0 aliphatic heterocycles. The molecule has 0 unspecified atom stereocenters. The van der Waals surface area contributed by atoms with Crippen molar-refractivity contribution in [3.8, 4) is 0 Å². The molecule has 0 aliphatic rings. The van der Waals surface area contributed by atoms with E-state index in [1.54, 1.807) is 73.6 Å². The second-order valence-corrected chi connectivity index (χ2v) is 20.8. The van der Waals surface area contributed by atoms with E-state index in [2.05, 4.69) is 70.0 Å². The first kappa shape index (κ1) is 52.0. The van der Waals surface area contributed by atoms with Crippen molar-refractivity contribution in [3.05, 3.63) is 100 Å². The Labute approximate surface area is 366 Å². The quantitative estimate of drug-likeness (QED) is 0.0421. The summed E-state index contributed by atoms with van der Waals surface area (Å²) >= 11 is 33.6. The minimum atomic E-state index is -0.426.